The zero-order valence-corrected chi connectivity index (χ0v) is 18.0. The molecule has 1 aliphatic rings. The highest BCUT2D eigenvalue weighted by Crippen LogP contribution is 2.35. The molecule has 2 heterocycles. The minimum Gasteiger partial charge on any atom is -0.446 e. The van der Waals surface area contributed by atoms with Crippen molar-refractivity contribution < 1.29 is 14.3 Å². The number of alkyl carbamates (subject to hydrolysis) is 1. The van der Waals surface area contributed by atoms with Gasteiger partial charge in [0.1, 0.15) is 6.10 Å². The summed E-state index contributed by atoms with van der Waals surface area (Å²) >= 11 is 1.52. The summed E-state index contributed by atoms with van der Waals surface area (Å²) < 4.78 is 5.54. The fraction of sp³-hybridized carbons (Fsp3) is 0.600. The number of nitrogens with one attached hydrogen (secondary N) is 3. The second-order valence-electron chi connectivity index (χ2n) is 7.71. The van der Waals surface area contributed by atoms with Gasteiger partial charge in [0.2, 0.25) is 5.91 Å². The monoisotopic (exact) mass is 419 g/mol. The number of thiazole rings is 1. The number of rotatable bonds is 8. The topological polar surface area (TPSA) is 109 Å². The van der Waals surface area contributed by atoms with E-state index in [0.29, 0.717) is 24.7 Å². The third-order valence-electron chi connectivity index (χ3n) is 5.26. The smallest absolute Gasteiger partial charge is 0.407 e. The minimum absolute atomic E-state index is 0.0900. The lowest BCUT2D eigenvalue weighted by molar-refractivity contribution is -0.115. The lowest BCUT2D eigenvalue weighted by atomic mass is 10.0. The quantitative estimate of drug-likeness (QED) is 0.603. The van der Waals surface area contributed by atoms with Gasteiger partial charge in [-0.05, 0) is 32.1 Å². The summed E-state index contributed by atoms with van der Waals surface area (Å²) in [6.07, 6.45) is 5.11. The van der Waals surface area contributed by atoms with Gasteiger partial charge in [-0.15, -0.1) is 11.3 Å². The van der Waals surface area contributed by atoms with E-state index in [-0.39, 0.29) is 24.0 Å². The van der Waals surface area contributed by atoms with E-state index in [9.17, 15) is 9.59 Å². The number of amides is 2. The van der Waals surface area contributed by atoms with Crippen LogP contribution in [-0.2, 0) is 16.0 Å². The molecular weight excluding hydrogens is 390 g/mol. The SMILES string of the molecule is CC[C@H](C)CNC(=O)OC1CC[C@H](c2cc(NC(=O)Cc3cnc(C)s3)n[nH]2)C1. The van der Waals surface area contributed by atoms with Gasteiger partial charge in [0, 0.05) is 35.3 Å². The number of H-pyrrole nitrogens is 1. The Morgan fingerprint density at radius 3 is 2.97 bits per heavy atom. The van der Waals surface area contributed by atoms with Crippen LogP contribution in [0.4, 0.5) is 10.6 Å². The first-order chi connectivity index (χ1) is 13.9. The summed E-state index contributed by atoms with van der Waals surface area (Å²) in [4.78, 5) is 29.2. The molecule has 1 saturated carbocycles. The maximum Gasteiger partial charge on any atom is 0.407 e. The number of aromatic amines is 1. The maximum atomic E-state index is 12.2. The van der Waals surface area contributed by atoms with E-state index in [1.165, 1.54) is 11.3 Å². The van der Waals surface area contributed by atoms with E-state index < -0.39 is 0 Å². The number of carbonyl (C=O) groups is 2. The van der Waals surface area contributed by atoms with E-state index in [2.05, 4.69) is 39.7 Å². The Balaban J connectivity index is 1.44. The lowest BCUT2D eigenvalue weighted by Gasteiger charge is -2.15. The average molecular weight is 420 g/mol. The molecule has 2 amide bonds. The fourth-order valence-corrected chi connectivity index (χ4v) is 4.16. The van der Waals surface area contributed by atoms with Crippen LogP contribution >= 0.6 is 11.3 Å². The van der Waals surface area contributed by atoms with Crippen LogP contribution in [0.25, 0.3) is 0 Å². The second-order valence-corrected chi connectivity index (χ2v) is 9.03. The molecule has 1 aliphatic carbocycles. The van der Waals surface area contributed by atoms with Crippen LogP contribution in [0.15, 0.2) is 12.3 Å². The highest BCUT2D eigenvalue weighted by atomic mass is 32.1. The Morgan fingerprint density at radius 1 is 1.41 bits per heavy atom. The zero-order valence-electron chi connectivity index (χ0n) is 17.2. The maximum absolute atomic E-state index is 12.2. The van der Waals surface area contributed by atoms with Crippen LogP contribution in [0.3, 0.4) is 0 Å². The summed E-state index contributed by atoms with van der Waals surface area (Å²) in [5.41, 5.74) is 0.958. The minimum atomic E-state index is -0.341. The van der Waals surface area contributed by atoms with Crippen molar-refractivity contribution in [2.75, 3.05) is 11.9 Å². The number of carbonyl (C=O) groups excluding carboxylic acids is 2. The van der Waals surface area contributed by atoms with E-state index in [4.69, 9.17) is 4.74 Å². The molecule has 8 nitrogen and oxygen atoms in total. The van der Waals surface area contributed by atoms with Crippen LogP contribution in [-0.4, -0.2) is 39.8 Å². The Kier molecular flexibility index (Phi) is 7.24. The predicted octanol–water partition coefficient (Wildman–Crippen LogP) is 3.76. The lowest BCUT2D eigenvalue weighted by Crippen LogP contribution is -2.31. The number of anilines is 1. The van der Waals surface area contributed by atoms with Crippen LogP contribution in [0, 0.1) is 12.8 Å². The first kappa shape index (κ1) is 21.3. The molecule has 9 heteroatoms. The van der Waals surface area contributed by atoms with E-state index in [0.717, 1.165) is 41.3 Å². The van der Waals surface area contributed by atoms with Crippen molar-refractivity contribution in [3.63, 3.8) is 0 Å². The average Bonchev–Trinajstić information content (AvgIpc) is 3.41. The number of hydrogen-bond donors (Lipinski definition) is 3. The van der Waals surface area contributed by atoms with Gasteiger partial charge < -0.3 is 15.4 Å². The molecule has 0 saturated heterocycles. The summed E-state index contributed by atoms with van der Waals surface area (Å²) in [6, 6.07) is 1.87. The number of aryl methyl sites for hydroxylation is 1. The largest absolute Gasteiger partial charge is 0.446 e. The van der Waals surface area contributed by atoms with E-state index in [1.807, 2.05) is 13.0 Å². The zero-order chi connectivity index (χ0) is 20.8. The molecule has 0 spiro atoms. The van der Waals surface area contributed by atoms with Crippen molar-refractivity contribution in [1.82, 2.24) is 20.5 Å². The first-order valence-electron chi connectivity index (χ1n) is 10.1. The molecular formula is C20H29N5O3S. The highest BCUT2D eigenvalue weighted by molar-refractivity contribution is 7.11. The molecule has 1 fully saturated rings. The molecule has 3 rings (SSSR count). The van der Waals surface area contributed by atoms with Gasteiger partial charge >= 0.3 is 6.09 Å². The Morgan fingerprint density at radius 2 is 2.24 bits per heavy atom. The molecule has 29 heavy (non-hydrogen) atoms. The molecule has 0 aromatic carbocycles. The van der Waals surface area contributed by atoms with Crippen LogP contribution in [0.2, 0.25) is 0 Å². The van der Waals surface area contributed by atoms with Gasteiger partial charge in [-0.2, -0.15) is 5.10 Å². The van der Waals surface area contributed by atoms with Gasteiger partial charge in [-0.25, -0.2) is 9.78 Å². The van der Waals surface area contributed by atoms with Crippen molar-refractivity contribution in [1.29, 1.82) is 0 Å². The van der Waals surface area contributed by atoms with Gasteiger partial charge in [-0.3, -0.25) is 9.89 Å². The van der Waals surface area contributed by atoms with Crippen molar-refractivity contribution in [2.45, 2.75) is 64.9 Å². The molecule has 0 aliphatic heterocycles. The molecule has 158 valence electrons. The fourth-order valence-electron chi connectivity index (χ4n) is 3.37. The normalized spacial score (nSPS) is 19.7. The van der Waals surface area contributed by atoms with E-state index >= 15 is 0 Å². The number of hydrogen-bond acceptors (Lipinski definition) is 6. The van der Waals surface area contributed by atoms with Crippen molar-refractivity contribution in [2.24, 2.45) is 5.92 Å². The number of nitrogens with zero attached hydrogens (tertiary/aromatic N) is 2. The summed E-state index contributed by atoms with van der Waals surface area (Å²) in [5.74, 6) is 1.08. The van der Waals surface area contributed by atoms with Gasteiger partial charge in [0.25, 0.3) is 0 Å². The summed E-state index contributed by atoms with van der Waals surface area (Å²) in [5, 5.41) is 13.8. The molecule has 0 radical (unpaired) electrons. The molecule has 0 bridgehead atoms. The standard InChI is InChI=1S/C20H29N5O3S/c1-4-12(2)10-22-20(27)28-15-6-5-14(7-15)17-9-18(25-24-17)23-19(26)8-16-11-21-13(3)29-16/h9,11-12,14-15H,4-8,10H2,1-3H3,(H,22,27)(H2,23,24,25,26)/t12-,14-,15?/m0/s1. The molecule has 3 N–H and O–H groups in total. The third kappa shape index (κ3) is 6.28. The van der Waals surface area contributed by atoms with Crippen LogP contribution < -0.4 is 10.6 Å². The van der Waals surface area contributed by atoms with Gasteiger partial charge in [0.05, 0.1) is 11.4 Å². The third-order valence-corrected chi connectivity index (χ3v) is 6.17. The van der Waals surface area contributed by atoms with Crippen LogP contribution in [0.5, 0.6) is 0 Å². The Hall–Kier alpha value is -2.42. The summed E-state index contributed by atoms with van der Waals surface area (Å²) in [6.45, 7) is 6.75. The number of aromatic nitrogens is 3. The van der Waals surface area contributed by atoms with Crippen molar-refractivity contribution >= 4 is 29.2 Å². The molecule has 3 atom stereocenters. The number of ether oxygens (including phenoxy) is 1. The van der Waals surface area contributed by atoms with Crippen LogP contribution in [0.1, 0.15) is 61.0 Å². The van der Waals surface area contributed by atoms with Gasteiger partial charge in [-0.1, -0.05) is 20.3 Å². The van der Waals surface area contributed by atoms with E-state index in [1.54, 1.807) is 6.20 Å². The van der Waals surface area contributed by atoms with Gasteiger partial charge in [0.15, 0.2) is 5.82 Å². The molecule has 1 unspecified atom stereocenters. The van der Waals surface area contributed by atoms with Crippen molar-refractivity contribution in [3.05, 3.63) is 27.8 Å². The summed E-state index contributed by atoms with van der Waals surface area (Å²) in [7, 11) is 0. The first-order valence-corrected chi connectivity index (χ1v) is 11.0. The van der Waals surface area contributed by atoms with Crippen molar-refractivity contribution in [3.8, 4) is 0 Å². The Labute approximate surface area is 174 Å². The second kappa shape index (κ2) is 9.87. The molecule has 2 aromatic rings. The molecule has 2 aromatic heterocycles. The Bertz CT molecular complexity index is 834. The highest BCUT2D eigenvalue weighted by Gasteiger charge is 2.30. The predicted molar refractivity (Wildman–Crippen MR) is 112 cm³/mol.